The minimum absolute atomic E-state index is 0.0238. The van der Waals surface area contributed by atoms with E-state index in [1.54, 1.807) is 6.20 Å². The van der Waals surface area contributed by atoms with Crippen molar-refractivity contribution in [2.45, 2.75) is 25.3 Å². The third-order valence-corrected chi connectivity index (χ3v) is 2.81. The van der Waals surface area contributed by atoms with Crippen LogP contribution < -0.4 is 10.6 Å². The molecule has 1 atom stereocenters. The normalized spacial score (nSPS) is 21.9. The SMILES string of the molecule is O=C(Nc1cnns1)[C@H]1CCCCN1. The number of carbonyl (C=O) groups excluding carboxylic acids is 1. The number of anilines is 1. The monoisotopic (exact) mass is 212 g/mol. The van der Waals surface area contributed by atoms with Gasteiger partial charge in [-0.2, -0.15) is 0 Å². The first kappa shape index (κ1) is 9.54. The van der Waals surface area contributed by atoms with Gasteiger partial charge >= 0.3 is 0 Å². The van der Waals surface area contributed by atoms with Gasteiger partial charge in [0, 0.05) is 11.5 Å². The van der Waals surface area contributed by atoms with Crippen LogP contribution in [-0.2, 0) is 4.79 Å². The van der Waals surface area contributed by atoms with E-state index < -0.39 is 0 Å². The molecule has 1 fully saturated rings. The summed E-state index contributed by atoms with van der Waals surface area (Å²) in [5, 5.41) is 10.3. The highest BCUT2D eigenvalue weighted by Gasteiger charge is 2.20. The van der Waals surface area contributed by atoms with Crippen LogP contribution in [-0.4, -0.2) is 28.1 Å². The van der Waals surface area contributed by atoms with Crippen LogP contribution in [0.1, 0.15) is 19.3 Å². The molecule has 2 heterocycles. The lowest BCUT2D eigenvalue weighted by Gasteiger charge is -2.21. The summed E-state index contributed by atoms with van der Waals surface area (Å²) in [5.74, 6) is 0.0238. The average Bonchev–Trinajstić information content (AvgIpc) is 2.72. The van der Waals surface area contributed by atoms with Crippen molar-refractivity contribution in [3.05, 3.63) is 6.20 Å². The van der Waals surface area contributed by atoms with E-state index in [1.165, 1.54) is 11.5 Å². The van der Waals surface area contributed by atoms with Crippen molar-refractivity contribution in [1.82, 2.24) is 14.9 Å². The Hall–Kier alpha value is -1.01. The van der Waals surface area contributed by atoms with Crippen LogP contribution >= 0.6 is 11.5 Å². The van der Waals surface area contributed by atoms with Crippen LogP contribution in [0.25, 0.3) is 0 Å². The molecule has 1 amide bonds. The molecule has 14 heavy (non-hydrogen) atoms. The molecular formula is C8H12N4OS. The van der Waals surface area contributed by atoms with E-state index in [0.717, 1.165) is 25.8 Å². The average molecular weight is 212 g/mol. The van der Waals surface area contributed by atoms with Crippen molar-refractivity contribution in [1.29, 1.82) is 0 Å². The van der Waals surface area contributed by atoms with Gasteiger partial charge in [-0.3, -0.25) is 4.79 Å². The Bertz CT molecular complexity index is 294. The lowest BCUT2D eigenvalue weighted by molar-refractivity contribution is -0.118. The molecule has 0 radical (unpaired) electrons. The number of aromatic nitrogens is 2. The molecule has 0 aliphatic carbocycles. The lowest BCUT2D eigenvalue weighted by atomic mass is 10.0. The molecule has 0 unspecified atom stereocenters. The van der Waals surface area contributed by atoms with Gasteiger partial charge in [-0.15, -0.1) is 5.10 Å². The Morgan fingerprint density at radius 1 is 1.64 bits per heavy atom. The van der Waals surface area contributed by atoms with Crippen molar-refractivity contribution in [3.63, 3.8) is 0 Å². The molecule has 1 aliphatic heterocycles. The summed E-state index contributed by atoms with van der Waals surface area (Å²) < 4.78 is 3.68. The second-order valence-corrected chi connectivity index (χ2v) is 4.06. The Balaban J connectivity index is 1.88. The van der Waals surface area contributed by atoms with E-state index in [0.29, 0.717) is 5.00 Å². The highest BCUT2D eigenvalue weighted by molar-refractivity contribution is 7.10. The first-order valence-corrected chi connectivity index (χ1v) is 5.45. The first-order valence-electron chi connectivity index (χ1n) is 4.68. The molecule has 5 nitrogen and oxygen atoms in total. The summed E-state index contributed by atoms with van der Waals surface area (Å²) in [6.45, 7) is 0.930. The molecule has 1 saturated heterocycles. The summed E-state index contributed by atoms with van der Waals surface area (Å²) in [6, 6.07) is -0.0501. The molecule has 1 aromatic heterocycles. The van der Waals surface area contributed by atoms with Crippen LogP contribution in [0.5, 0.6) is 0 Å². The van der Waals surface area contributed by atoms with Crippen molar-refractivity contribution in [2.75, 3.05) is 11.9 Å². The summed E-state index contributed by atoms with van der Waals surface area (Å²) in [7, 11) is 0. The maximum Gasteiger partial charge on any atom is 0.242 e. The maximum atomic E-state index is 11.6. The van der Waals surface area contributed by atoms with Gasteiger partial charge in [-0.05, 0) is 19.4 Å². The van der Waals surface area contributed by atoms with E-state index in [1.807, 2.05) is 0 Å². The smallest absolute Gasteiger partial charge is 0.242 e. The number of piperidine rings is 1. The quantitative estimate of drug-likeness (QED) is 0.754. The zero-order chi connectivity index (χ0) is 9.80. The number of hydrogen-bond acceptors (Lipinski definition) is 5. The Morgan fingerprint density at radius 2 is 2.57 bits per heavy atom. The third-order valence-electron chi connectivity index (χ3n) is 2.23. The fraction of sp³-hybridized carbons (Fsp3) is 0.625. The fourth-order valence-electron chi connectivity index (χ4n) is 1.51. The number of nitrogens with one attached hydrogen (secondary N) is 2. The Labute approximate surface area is 86.1 Å². The summed E-state index contributed by atoms with van der Waals surface area (Å²) in [4.78, 5) is 11.6. The lowest BCUT2D eigenvalue weighted by Crippen LogP contribution is -2.43. The molecule has 1 aromatic rings. The molecular weight excluding hydrogens is 200 g/mol. The molecule has 0 aromatic carbocycles. The van der Waals surface area contributed by atoms with E-state index in [2.05, 4.69) is 20.2 Å². The molecule has 0 bridgehead atoms. The highest BCUT2D eigenvalue weighted by Crippen LogP contribution is 2.12. The van der Waals surface area contributed by atoms with E-state index in [-0.39, 0.29) is 11.9 Å². The standard InChI is InChI=1S/C8H12N4OS/c13-8(6-3-1-2-4-9-6)11-7-5-10-12-14-7/h5-6,9H,1-4H2,(H,11,13)/t6-/m1/s1. The summed E-state index contributed by atoms with van der Waals surface area (Å²) in [6.07, 6.45) is 4.75. The Kier molecular flexibility index (Phi) is 3.05. The van der Waals surface area contributed by atoms with Crippen LogP contribution in [0.4, 0.5) is 5.00 Å². The molecule has 0 spiro atoms. The number of nitrogens with zero attached hydrogens (tertiary/aromatic N) is 2. The van der Waals surface area contributed by atoms with Gasteiger partial charge in [-0.1, -0.05) is 10.9 Å². The molecule has 1 aliphatic rings. The molecule has 0 saturated carbocycles. The fourth-order valence-corrected chi connectivity index (χ4v) is 1.93. The summed E-state index contributed by atoms with van der Waals surface area (Å²) >= 11 is 1.19. The summed E-state index contributed by atoms with van der Waals surface area (Å²) in [5.41, 5.74) is 0. The van der Waals surface area contributed by atoms with Crippen molar-refractivity contribution >= 4 is 22.4 Å². The molecule has 6 heteroatoms. The van der Waals surface area contributed by atoms with Crippen molar-refractivity contribution < 1.29 is 4.79 Å². The van der Waals surface area contributed by atoms with Crippen LogP contribution in [0.2, 0.25) is 0 Å². The zero-order valence-electron chi connectivity index (χ0n) is 7.69. The van der Waals surface area contributed by atoms with Crippen molar-refractivity contribution in [2.24, 2.45) is 0 Å². The topological polar surface area (TPSA) is 66.9 Å². The van der Waals surface area contributed by atoms with E-state index in [4.69, 9.17) is 0 Å². The largest absolute Gasteiger partial charge is 0.314 e. The van der Waals surface area contributed by atoms with E-state index in [9.17, 15) is 4.79 Å². The molecule has 2 N–H and O–H groups in total. The van der Waals surface area contributed by atoms with Gasteiger partial charge in [0.1, 0.15) is 5.00 Å². The number of carbonyl (C=O) groups is 1. The van der Waals surface area contributed by atoms with E-state index >= 15 is 0 Å². The zero-order valence-corrected chi connectivity index (χ0v) is 8.51. The first-order chi connectivity index (χ1) is 6.86. The van der Waals surface area contributed by atoms with Gasteiger partial charge in [0.25, 0.3) is 0 Å². The highest BCUT2D eigenvalue weighted by atomic mass is 32.1. The Morgan fingerprint density at radius 3 is 3.21 bits per heavy atom. The number of rotatable bonds is 2. The van der Waals surface area contributed by atoms with Gasteiger partial charge in [0.2, 0.25) is 5.91 Å². The van der Waals surface area contributed by atoms with Crippen LogP contribution in [0.15, 0.2) is 6.20 Å². The second kappa shape index (κ2) is 4.47. The maximum absolute atomic E-state index is 11.6. The van der Waals surface area contributed by atoms with Crippen molar-refractivity contribution in [3.8, 4) is 0 Å². The van der Waals surface area contributed by atoms with Crippen LogP contribution in [0, 0.1) is 0 Å². The van der Waals surface area contributed by atoms with Gasteiger partial charge in [-0.25, -0.2) is 0 Å². The molecule has 2 rings (SSSR count). The predicted octanol–water partition coefficient (Wildman–Crippen LogP) is 0.619. The van der Waals surface area contributed by atoms with Crippen LogP contribution in [0.3, 0.4) is 0 Å². The minimum Gasteiger partial charge on any atom is -0.314 e. The third kappa shape index (κ3) is 2.27. The molecule has 76 valence electrons. The minimum atomic E-state index is -0.0501. The number of amides is 1. The van der Waals surface area contributed by atoms with Gasteiger partial charge in [0.15, 0.2) is 0 Å². The predicted molar refractivity (Wildman–Crippen MR) is 54.2 cm³/mol. The number of hydrogen-bond donors (Lipinski definition) is 2. The van der Waals surface area contributed by atoms with Gasteiger partial charge < -0.3 is 10.6 Å². The second-order valence-electron chi connectivity index (χ2n) is 3.27. The van der Waals surface area contributed by atoms with Gasteiger partial charge in [0.05, 0.1) is 12.2 Å².